The van der Waals surface area contributed by atoms with E-state index in [0.717, 1.165) is 29.4 Å². The van der Waals surface area contributed by atoms with Gasteiger partial charge in [-0.3, -0.25) is 0 Å². The van der Waals surface area contributed by atoms with Crippen LogP contribution in [0.5, 0.6) is 0 Å². The van der Waals surface area contributed by atoms with Gasteiger partial charge in [-0.2, -0.15) is 0 Å². The molecular formula is C31H22F2. The molecule has 0 nitrogen and oxygen atoms in total. The Labute approximate surface area is 193 Å². The Hall–Kier alpha value is -4.14. The van der Waals surface area contributed by atoms with Crippen LogP contribution >= 0.6 is 0 Å². The molecule has 0 atom stereocenters. The Kier molecular flexibility index (Phi) is 6.99. The first kappa shape index (κ1) is 22.1. The van der Waals surface area contributed by atoms with E-state index in [-0.39, 0.29) is 11.6 Å². The fraction of sp³-hybridized carbons (Fsp3) is 0.0968. The van der Waals surface area contributed by atoms with Gasteiger partial charge in [-0.05, 0) is 85.3 Å². The standard InChI is InChI=1S/C31H22F2/c1-2-3-4-5-23-6-8-24(9-7-23)10-11-26-15-21-30-28(22-26)18-17-27(31(30)33)16-12-25-13-19-29(32)20-14-25/h2-3,6-9,13-15,17-22H,4-5H2,1H3/b3-2+. The van der Waals surface area contributed by atoms with Crippen molar-refractivity contribution in [3.05, 3.63) is 130 Å². The number of fused-ring (bicyclic) bond motifs is 1. The number of halogens is 2. The first-order valence-corrected chi connectivity index (χ1v) is 10.8. The van der Waals surface area contributed by atoms with Crippen molar-refractivity contribution in [3.63, 3.8) is 0 Å². The maximum atomic E-state index is 15.0. The Morgan fingerprint density at radius 2 is 1.33 bits per heavy atom. The van der Waals surface area contributed by atoms with E-state index in [1.807, 2.05) is 37.3 Å². The normalized spacial score (nSPS) is 10.5. The molecule has 0 N–H and O–H groups in total. The molecular weight excluding hydrogens is 410 g/mol. The zero-order valence-electron chi connectivity index (χ0n) is 18.3. The van der Waals surface area contributed by atoms with Crippen molar-refractivity contribution in [1.29, 1.82) is 0 Å². The van der Waals surface area contributed by atoms with Gasteiger partial charge in [0.25, 0.3) is 0 Å². The molecule has 4 rings (SSSR count). The highest BCUT2D eigenvalue weighted by atomic mass is 19.1. The number of allylic oxidation sites excluding steroid dienone is 2. The van der Waals surface area contributed by atoms with Gasteiger partial charge in [0, 0.05) is 22.1 Å². The highest BCUT2D eigenvalue weighted by Gasteiger charge is 2.06. The Morgan fingerprint density at radius 1 is 0.697 bits per heavy atom. The maximum Gasteiger partial charge on any atom is 0.146 e. The molecule has 160 valence electrons. The van der Waals surface area contributed by atoms with Crippen LogP contribution in [0.15, 0.2) is 91.0 Å². The van der Waals surface area contributed by atoms with Crippen molar-refractivity contribution in [2.75, 3.05) is 0 Å². The first-order valence-electron chi connectivity index (χ1n) is 10.8. The molecule has 0 fully saturated rings. The lowest BCUT2D eigenvalue weighted by Crippen LogP contribution is -1.88. The lowest BCUT2D eigenvalue weighted by molar-refractivity contribution is 0.627. The van der Waals surface area contributed by atoms with Crippen LogP contribution in [0.2, 0.25) is 0 Å². The number of aryl methyl sites for hydroxylation is 1. The Morgan fingerprint density at radius 3 is 2.06 bits per heavy atom. The third-order valence-corrected chi connectivity index (χ3v) is 5.28. The van der Waals surface area contributed by atoms with Crippen LogP contribution in [0.3, 0.4) is 0 Å². The summed E-state index contributed by atoms with van der Waals surface area (Å²) in [5.41, 5.74) is 4.00. The summed E-state index contributed by atoms with van der Waals surface area (Å²) in [7, 11) is 0. The SMILES string of the molecule is C/C=C/CCc1ccc(C#Cc2ccc3c(F)c(C#Cc4ccc(F)cc4)ccc3c2)cc1. The van der Waals surface area contributed by atoms with E-state index < -0.39 is 0 Å². The lowest BCUT2D eigenvalue weighted by Gasteiger charge is -2.03. The summed E-state index contributed by atoms with van der Waals surface area (Å²) >= 11 is 0. The van der Waals surface area contributed by atoms with Gasteiger partial charge >= 0.3 is 0 Å². The molecule has 0 amide bonds. The molecule has 0 heterocycles. The molecule has 4 aromatic carbocycles. The summed E-state index contributed by atoms with van der Waals surface area (Å²) in [6, 6.07) is 23.1. The minimum absolute atomic E-state index is 0.306. The predicted octanol–water partition coefficient (Wildman–Crippen LogP) is 7.43. The molecule has 0 aliphatic heterocycles. The monoisotopic (exact) mass is 432 g/mol. The smallest absolute Gasteiger partial charge is 0.146 e. The van der Waals surface area contributed by atoms with Crippen molar-refractivity contribution < 1.29 is 8.78 Å². The van der Waals surface area contributed by atoms with Crippen LogP contribution in [0, 0.1) is 35.3 Å². The number of rotatable bonds is 3. The van der Waals surface area contributed by atoms with E-state index in [4.69, 9.17) is 0 Å². The van der Waals surface area contributed by atoms with Crippen LogP contribution < -0.4 is 0 Å². The van der Waals surface area contributed by atoms with Crippen molar-refractivity contribution >= 4 is 10.8 Å². The molecule has 0 radical (unpaired) electrons. The average Bonchev–Trinajstić information content (AvgIpc) is 2.84. The average molecular weight is 433 g/mol. The number of hydrogen-bond acceptors (Lipinski definition) is 0. The maximum absolute atomic E-state index is 15.0. The van der Waals surface area contributed by atoms with Crippen LogP contribution in [0.25, 0.3) is 10.8 Å². The summed E-state index contributed by atoms with van der Waals surface area (Å²) in [5.74, 6) is 11.4. The van der Waals surface area contributed by atoms with Gasteiger partial charge < -0.3 is 0 Å². The van der Waals surface area contributed by atoms with Crippen LogP contribution in [0.1, 0.15) is 41.2 Å². The van der Waals surface area contributed by atoms with E-state index in [1.54, 1.807) is 24.3 Å². The minimum atomic E-state index is -0.366. The van der Waals surface area contributed by atoms with Gasteiger partial charge in [-0.25, -0.2) is 8.78 Å². The summed E-state index contributed by atoms with van der Waals surface area (Å²) in [6.07, 6.45) is 6.29. The molecule has 0 bridgehead atoms. The Bertz CT molecular complexity index is 1420. The van der Waals surface area contributed by atoms with E-state index in [9.17, 15) is 8.78 Å². The van der Waals surface area contributed by atoms with Crippen molar-refractivity contribution in [2.24, 2.45) is 0 Å². The van der Waals surface area contributed by atoms with Gasteiger partial charge in [0.1, 0.15) is 11.6 Å². The second kappa shape index (κ2) is 10.4. The molecule has 2 heteroatoms. The van der Waals surface area contributed by atoms with E-state index >= 15 is 0 Å². The van der Waals surface area contributed by atoms with Gasteiger partial charge in [-0.1, -0.05) is 60.1 Å². The molecule has 0 saturated carbocycles. The van der Waals surface area contributed by atoms with Crippen LogP contribution in [0.4, 0.5) is 8.78 Å². The molecule has 0 unspecified atom stereocenters. The molecule has 0 spiro atoms. The Balaban J connectivity index is 1.53. The third kappa shape index (κ3) is 5.76. The summed E-state index contributed by atoms with van der Waals surface area (Å²) < 4.78 is 28.0. The highest BCUT2D eigenvalue weighted by molar-refractivity contribution is 5.86. The van der Waals surface area contributed by atoms with Crippen LogP contribution in [-0.2, 0) is 6.42 Å². The molecule has 33 heavy (non-hydrogen) atoms. The fourth-order valence-corrected chi connectivity index (χ4v) is 3.45. The molecule has 4 aromatic rings. The molecule has 0 aliphatic carbocycles. The van der Waals surface area contributed by atoms with E-state index in [1.165, 1.54) is 17.7 Å². The van der Waals surface area contributed by atoms with Gasteiger partial charge in [0.05, 0.1) is 5.56 Å². The van der Waals surface area contributed by atoms with Gasteiger partial charge in [-0.15, -0.1) is 0 Å². The second-order valence-corrected chi connectivity index (χ2v) is 7.67. The zero-order valence-corrected chi connectivity index (χ0v) is 18.3. The molecule has 0 aromatic heterocycles. The first-order chi connectivity index (χ1) is 16.1. The summed E-state index contributed by atoms with van der Waals surface area (Å²) in [5, 5.41) is 1.27. The summed E-state index contributed by atoms with van der Waals surface area (Å²) in [4.78, 5) is 0. The number of benzene rings is 4. The zero-order chi connectivity index (χ0) is 23.0. The van der Waals surface area contributed by atoms with E-state index in [0.29, 0.717) is 16.5 Å². The third-order valence-electron chi connectivity index (χ3n) is 5.28. The quantitative estimate of drug-likeness (QED) is 0.233. The summed E-state index contributed by atoms with van der Waals surface area (Å²) in [6.45, 7) is 2.03. The van der Waals surface area contributed by atoms with Crippen molar-refractivity contribution in [3.8, 4) is 23.7 Å². The minimum Gasteiger partial charge on any atom is -0.207 e. The molecule has 0 saturated heterocycles. The van der Waals surface area contributed by atoms with E-state index in [2.05, 4.69) is 48.0 Å². The van der Waals surface area contributed by atoms with Crippen molar-refractivity contribution in [2.45, 2.75) is 19.8 Å². The van der Waals surface area contributed by atoms with Gasteiger partial charge in [0.2, 0.25) is 0 Å². The predicted molar refractivity (Wildman–Crippen MR) is 132 cm³/mol. The van der Waals surface area contributed by atoms with Gasteiger partial charge in [0.15, 0.2) is 0 Å². The van der Waals surface area contributed by atoms with Crippen molar-refractivity contribution in [1.82, 2.24) is 0 Å². The molecule has 0 aliphatic rings. The highest BCUT2D eigenvalue weighted by Crippen LogP contribution is 2.22. The second-order valence-electron chi connectivity index (χ2n) is 7.67. The number of hydrogen-bond donors (Lipinski definition) is 0. The largest absolute Gasteiger partial charge is 0.207 e. The fourth-order valence-electron chi connectivity index (χ4n) is 3.45. The van der Waals surface area contributed by atoms with Crippen LogP contribution in [-0.4, -0.2) is 0 Å². The topological polar surface area (TPSA) is 0 Å². The lowest BCUT2D eigenvalue weighted by atomic mass is 10.0.